The van der Waals surface area contributed by atoms with E-state index in [1.165, 1.54) is 0 Å². The molecule has 0 saturated heterocycles. The Morgan fingerprint density at radius 2 is 2.11 bits per heavy atom. The minimum absolute atomic E-state index is 0.145. The average molecular weight is 257 g/mol. The molecular weight excluding hydrogens is 242 g/mol. The third-order valence-electron chi connectivity index (χ3n) is 3.19. The van der Waals surface area contributed by atoms with E-state index in [1.54, 1.807) is 12.4 Å². The Morgan fingerprint density at radius 3 is 2.79 bits per heavy atom. The van der Waals surface area contributed by atoms with Crippen LogP contribution in [-0.4, -0.2) is 19.5 Å². The number of fused-ring (bicyclic) bond motifs is 1. The largest absolute Gasteiger partial charge is 0.444 e. The number of hydrogen-bond acceptors (Lipinski definition) is 5. The number of nitrogens with zero attached hydrogens (tertiary/aromatic N) is 4. The maximum atomic E-state index is 6.01. The van der Waals surface area contributed by atoms with Crippen LogP contribution in [0.15, 0.2) is 22.9 Å². The smallest absolute Gasteiger partial charge is 0.217 e. The molecule has 1 atom stereocenters. The molecule has 98 valence electrons. The van der Waals surface area contributed by atoms with Crippen LogP contribution in [0.25, 0.3) is 11.2 Å². The zero-order chi connectivity index (χ0) is 13.6. The summed E-state index contributed by atoms with van der Waals surface area (Å²) in [5.41, 5.74) is 8.62. The molecule has 0 aromatic carbocycles. The first-order chi connectivity index (χ1) is 9.08. The lowest BCUT2D eigenvalue weighted by molar-refractivity contribution is 0.420. The zero-order valence-electron chi connectivity index (χ0n) is 11.1. The second kappa shape index (κ2) is 4.08. The van der Waals surface area contributed by atoms with E-state index < -0.39 is 0 Å². The minimum Gasteiger partial charge on any atom is -0.444 e. The molecule has 0 saturated carbocycles. The molecule has 0 aliphatic rings. The monoisotopic (exact) mass is 257 g/mol. The number of pyridine rings is 1. The van der Waals surface area contributed by atoms with Gasteiger partial charge in [0.05, 0.1) is 6.20 Å². The molecule has 1 unspecified atom stereocenters. The molecule has 6 nitrogen and oxygen atoms in total. The fraction of sp³-hybridized carbons (Fsp3) is 0.308. The molecule has 0 radical (unpaired) electrons. The number of oxazole rings is 1. The molecule has 3 heterocycles. The van der Waals surface area contributed by atoms with Crippen molar-refractivity contribution < 1.29 is 4.42 Å². The molecule has 0 fully saturated rings. The number of aryl methyl sites for hydroxylation is 2. The number of rotatable bonds is 2. The highest BCUT2D eigenvalue weighted by Gasteiger charge is 2.20. The summed E-state index contributed by atoms with van der Waals surface area (Å²) in [7, 11) is 0. The van der Waals surface area contributed by atoms with Crippen molar-refractivity contribution in [3.63, 3.8) is 0 Å². The number of imidazole rings is 1. The summed E-state index contributed by atoms with van der Waals surface area (Å²) >= 11 is 0. The highest BCUT2D eigenvalue weighted by atomic mass is 16.4. The Labute approximate surface area is 110 Å². The van der Waals surface area contributed by atoms with Crippen LogP contribution in [0.1, 0.15) is 30.2 Å². The Morgan fingerprint density at radius 1 is 1.32 bits per heavy atom. The first-order valence-corrected chi connectivity index (χ1v) is 6.09. The second-order valence-corrected chi connectivity index (χ2v) is 4.63. The van der Waals surface area contributed by atoms with Gasteiger partial charge in [-0.3, -0.25) is 4.57 Å². The highest BCUT2D eigenvalue weighted by molar-refractivity contribution is 5.77. The molecular formula is C13H15N5O. The first-order valence-electron chi connectivity index (χ1n) is 6.09. The van der Waals surface area contributed by atoms with Crippen molar-refractivity contribution in [3.8, 4) is 0 Å². The SMILES string of the molecule is Cc1cnc(C(C)n2c(N)nc3c(C)ccnc32)o1. The Bertz CT molecular complexity index is 743. The van der Waals surface area contributed by atoms with Crippen LogP contribution in [0.3, 0.4) is 0 Å². The fourth-order valence-electron chi connectivity index (χ4n) is 2.19. The molecule has 3 aromatic heterocycles. The van der Waals surface area contributed by atoms with Crippen LogP contribution in [0.4, 0.5) is 5.95 Å². The van der Waals surface area contributed by atoms with Gasteiger partial charge in [-0.25, -0.2) is 15.0 Å². The van der Waals surface area contributed by atoms with Crippen molar-refractivity contribution in [1.82, 2.24) is 19.5 Å². The minimum atomic E-state index is -0.145. The fourth-order valence-corrected chi connectivity index (χ4v) is 2.19. The van der Waals surface area contributed by atoms with E-state index in [4.69, 9.17) is 10.2 Å². The maximum absolute atomic E-state index is 6.01. The lowest BCUT2D eigenvalue weighted by atomic mass is 10.2. The summed E-state index contributed by atoms with van der Waals surface area (Å²) < 4.78 is 7.40. The maximum Gasteiger partial charge on any atom is 0.217 e. The third kappa shape index (κ3) is 1.76. The normalized spacial score (nSPS) is 13.0. The van der Waals surface area contributed by atoms with Gasteiger partial charge in [0, 0.05) is 6.20 Å². The Kier molecular flexibility index (Phi) is 2.51. The second-order valence-electron chi connectivity index (χ2n) is 4.63. The van der Waals surface area contributed by atoms with Gasteiger partial charge in [0.15, 0.2) is 5.65 Å². The predicted molar refractivity (Wildman–Crippen MR) is 71.7 cm³/mol. The zero-order valence-corrected chi connectivity index (χ0v) is 11.1. The van der Waals surface area contributed by atoms with Gasteiger partial charge in [-0.15, -0.1) is 0 Å². The lowest BCUT2D eigenvalue weighted by Gasteiger charge is -2.11. The van der Waals surface area contributed by atoms with E-state index >= 15 is 0 Å². The highest BCUT2D eigenvalue weighted by Crippen LogP contribution is 2.26. The van der Waals surface area contributed by atoms with Crippen molar-refractivity contribution in [2.24, 2.45) is 0 Å². The van der Waals surface area contributed by atoms with Crippen LogP contribution in [0, 0.1) is 13.8 Å². The van der Waals surface area contributed by atoms with E-state index in [2.05, 4.69) is 15.0 Å². The van der Waals surface area contributed by atoms with Crippen molar-refractivity contribution >= 4 is 17.1 Å². The van der Waals surface area contributed by atoms with Gasteiger partial charge in [0.25, 0.3) is 0 Å². The number of nitrogen functional groups attached to an aromatic ring is 1. The Hall–Kier alpha value is -2.37. The lowest BCUT2D eigenvalue weighted by Crippen LogP contribution is -2.11. The van der Waals surface area contributed by atoms with E-state index in [1.807, 2.05) is 31.4 Å². The van der Waals surface area contributed by atoms with Crippen LogP contribution in [0.2, 0.25) is 0 Å². The number of nitrogens with two attached hydrogens (primary N) is 1. The van der Waals surface area contributed by atoms with Crippen LogP contribution in [0.5, 0.6) is 0 Å². The van der Waals surface area contributed by atoms with Gasteiger partial charge in [-0.2, -0.15) is 0 Å². The number of anilines is 1. The van der Waals surface area contributed by atoms with Gasteiger partial charge in [0.1, 0.15) is 17.3 Å². The summed E-state index contributed by atoms with van der Waals surface area (Å²) in [5.74, 6) is 1.79. The quantitative estimate of drug-likeness (QED) is 0.761. The topological polar surface area (TPSA) is 82.8 Å². The van der Waals surface area contributed by atoms with Crippen molar-refractivity contribution in [2.45, 2.75) is 26.8 Å². The van der Waals surface area contributed by atoms with Crippen LogP contribution < -0.4 is 5.73 Å². The van der Waals surface area contributed by atoms with Gasteiger partial charge >= 0.3 is 0 Å². The average Bonchev–Trinajstić information content (AvgIpc) is 2.93. The van der Waals surface area contributed by atoms with Gasteiger partial charge < -0.3 is 10.2 Å². The third-order valence-corrected chi connectivity index (χ3v) is 3.19. The molecule has 0 aliphatic carbocycles. The van der Waals surface area contributed by atoms with E-state index in [0.29, 0.717) is 11.8 Å². The molecule has 3 aromatic rings. The predicted octanol–water partition coefficient (Wildman–Crippen LogP) is 2.23. The molecule has 3 rings (SSSR count). The molecule has 19 heavy (non-hydrogen) atoms. The molecule has 6 heteroatoms. The Balaban J connectivity index is 2.19. The summed E-state index contributed by atoms with van der Waals surface area (Å²) in [6.45, 7) is 5.81. The molecule has 0 amide bonds. The van der Waals surface area contributed by atoms with Crippen molar-refractivity contribution in [3.05, 3.63) is 35.7 Å². The summed E-state index contributed by atoms with van der Waals surface area (Å²) in [6, 6.07) is 1.77. The first kappa shape index (κ1) is 11.7. The van der Waals surface area contributed by atoms with Gasteiger partial charge in [-0.05, 0) is 32.4 Å². The van der Waals surface area contributed by atoms with Crippen LogP contribution in [-0.2, 0) is 0 Å². The molecule has 0 bridgehead atoms. The van der Waals surface area contributed by atoms with Crippen molar-refractivity contribution in [2.75, 3.05) is 5.73 Å². The molecule has 0 aliphatic heterocycles. The standard InChI is InChI=1S/C13H15N5O/c1-7-4-5-15-11-10(7)17-13(14)18(11)9(3)12-16-6-8(2)19-12/h4-6,9H,1-3H3,(H2,14,17). The van der Waals surface area contributed by atoms with Gasteiger partial charge in [-0.1, -0.05) is 0 Å². The summed E-state index contributed by atoms with van der Waals surface area (Å²) in [5, 5.41) is 0. The van der Waals surface area contributed by atoms with Gasteiger partial charge in [0.2, 0.25) is 11.8 Å². The van der Waals surface area contributed by atoms with Crippen LogP contribution >= 0.6 is 0 Å². The van der Waals surface area contributed by atoms with Crippen molar-refractivity contribution in [1.29, 1.82) is 0 Å². The summed E-state index contributed by atoms with van der Waals surface area (Å²) in [4.78, 5) is 13.0. The summed E-state index contributed by atoms with van der Waals surface area (Å²) in [6.07, 6.45) is 3.45. The molecule has 0 spiro atoms. The molecule has 2 N–H and O–H groups in total. The number of aromatic nitrogens is 4. The van der Waals surface area contributed by atoms with E-state index in [0.717, 1.165) is 22.5 Å². The van der Waals surface area contributed by atoms with E-state index in [9.17, 15) is 0 Å². The van der Waals surface area contributed by atoms with E-state index in [-0.39, 0.29) is 6.04 Å². The number of hydrogen-bond donors (Lipinski definition) is 1.